The van der Waals surface area contributed by atoms with E-state index < -0.39 is 0 Å². The average Bonchev–Trinajstić information content (AvgIpc) is 3.22. The largest absolute Gasteiger partial charge is 0.270 e. The number of nitrogens with zero attached hydrogens (tertiary/aromatic N) is 4. The molecule has 2 aromatic carbocycles. The Labute approximate surface area is 158 Å². The molecule has 1 fully saturated rings. The highest BCUT2D eigenvalue weighted by Gasteiger charge is 2.33. The Morgan fingerprint density at radius 1 is 1.04 bits per heavy atom. The van der Waals surface area contributed by atoms with Gasteiger partial charge in [0.25, 0.3) is 5.91 Å². The molecule has 8 heteroatoms. The van der Waals surface area contributed by atoms with Crippen LogP contribution in [-0.2, 0) is 4.79 Å². The van der Waals surface area contributed by atoms with Crippen molar-refractivity contribution >= 4 is 46.0 Å². The molecule has 0 N–H and O–H groups in total. The molecule has 2 heterocycles. The van der Waals surface area contributed by atoms with E-state index in [0.29, 0.717) is 20.6 Å². The first-order valence-corrected chi connectivity index (χ1v) is 8.85. The van der Waals surface area contributed by atoms with Gasteiger partial charge in [0.1, 0.15) is 11.5 Å². The van der Waals surface area contributed by atoms with Crippen molar-refractivity contribution in [1.29, 1.82) is 0 Å². The van der Waals surface area contributed by atoms with Crippen LogP contribution < -0.4 is 4.90 Å². The first-order valence-electron chi connectivity index (χ1n) is 7.63. The fourth-order valence-electron chi connectivity index (χ4n) is 2.44. The highest BCUT2D eigenvalue weighted by Crippen LogP contribution is 2.35. The van der Waals surface area contributed by atoms with Gasteiger partial charge in [-0.15, -0.1) is 5.10 Å². The normalized spacial score (nSPS) is 15.9. The van der Waals surface area contributed by atoms with Gasteiger partial charge in [0.2, 0.25) is 0 Å². The summed E-state index contributed by atoms with van der Waals surface area (Å²) in [5.74, 6) is -0.631. The van der Waals surface area contributed by atoms with Crippen LogP contribution in [0.4, 0.5) is 10.1 Å². The third-order valence-electron chi connectivity index (χ3n) is 3.65. The number of anilines is 1. The van der Waals surface area contributed by atoms with Gasteiger partial charge in [-0.3, -0.25) is 9.69 Å². The Hall–Kier alpha value is -2.84. The van der Waals surface area contributed by atoms with Crippen molar-refractivity contribution in [1.82, 2.24) is 15.0 Å². The van der Waals surface area contributed by atoms with Crippen LogP contribution in [0.1, 0.15) is 5.69 Å². The van der Waals surface area contributed by atoms with Gasteiger partial charge in [0.05, 0.1) is 22.5 Å². The van der Waals surface area contributed by atoms with Gasteiger partial charge in [0.15, 0.2) is 4.32 Å². The molecule has 0 radical (unpaired) electrons. The molecule has 1 amide bonds. The van der Waals surface area contributed by atoms with E-state index in [0.717, 1.165) is 5.69 Å². The molecule has 0 saturated carbocycles. The van der Waals surface area contributed by atoms with Gasteiger partial charge in [-0.05, 0) is 42.5 Å². The number of benzene rings is 2. The number of rotatable bonds is 3. The second-order valence-electron chi connectivity index (χ2n) is 5.39. The van der Waals surface area contributed by atoms with Crippen LogP contribution in [-0.4, -0.2) is 25.2 Å². The molecule has 0 spiro atoms. The number of thiocarbonyl (C=S) groups is 1. The van der Waals surface area contributed by atoms with Crippen molar-refractivity contribution < 1.29 is 9.18 Å². The minimum Gasteiger partial charge on any atom is -0.268 e. The predicted molar refractivity (Wildman–Crippen MR) is 103 cm³/mol. The molecule has 26 heavy (non-hydrogen) atoms. The molecule has 1 aromatic heterocycles. The van der Waals surface area contributed by atoms with Crippen LogP contribution in [0.3, 0.4) is 0 Å². The molecular weight excluding hydrogens is 371 g/mol. The highest BCUT2D eigenvalue weighted by molar-refractivity contribution is 8.27. The van der Waals surface area contributed by atoms with Gasteiger partial charge in [-0.1, -0.05) is 42.2 Å². The number of thioether (sulfide) groups is 1. The van der Waals surface area contributed by atoms with E-state index in [9.17, 15) is 9.18 Å². The molecule has 5 nitrogen and oxygen atoms in total. The molecule has 0 unspecified atom stereocenters. The number of halogens is 1. The maximum absolute atomic E-state index is 13.1. The topological polar surface area (TPSA) is 51.0 Å². The van der Waals surface area contributed by atoms with E-state index >= 15 is 0 Å². The molecule has 1 saturated heterocycles. The summed E-state index contributed by atoms with van der Waals surface area (Å²) in [5, 5.41) is 8.58. The van der Waals surface area contributed by atoms with Gasteiger partial charge in [-0.2, -0.15) is 9.90 Å². The Morgan fingerprint density at radius 3 is 2.50 bits per heavy atom. The fourth-order valence-corrected chi connectivity index (χ4v) is 3.73. The van der Waals surface area contributed by atoms with Crippen molar-refractivity contribution in [2.75, 3.05) is 4.90 Å². The second kappa shape index (κ2) is 6.81. The lowest BCUT2D eigenvalue weighted by Gasteiger charge is -2.13. The van der Waals surface area contributed by atoms with Crippen LogP contribution >= 0.6 is 24.0 Å². The zero-order valence-corrected chi connectivity index (χ0v) is 14.9. The lowest BCUT2D eigenvalue weighted by Crippen LogP contribution is -2.27. The number of carbonyl (C=O) groups excluding carboxylic acids is 1. The standard InChI is InChI=1S/C18H11FN4OS2/c19-12-6-8-14(9-7-12)22-17(24)16(26-18(22)25)10-13-11-20-23(21-13)15-4-2-1-3-5-15/h1-11H. The lowest BCUT2D eigenvalue weighted by atomic mass is 10.3. The van der Waals surface area contributed by atoms with Gasteiger partial charge < -0.3 is 0 Å². The molecular formula is C18H11FN4OS2. The Kier molecular flexibility index (Phi) is 4.36. The molecule has 1 aliphatic heterocycles. The molecule has 128 valence electrons. The van der Waals surface area contributed by atoms with Crippen molar-refractivity contribution in [3.8, 4) is 5.69 Å². The highest BCUT2D eigenvalue weighted by atomic mass is 32.2. The van der Waals surface area contributed by atoms with E-state index in [2.05, 4.69) is 10.2 Å². The smallest absolute Gasteiger partial charge is 0.268 e. The quantitative estimate of drug-likeness (QED) is 0.509. The van der Waals surface area contributed by atoms with E-state index in [1.165, 1.54) is 45.7 Å². The number of aromatic nitrogens is 3. The van der Waals surface area contributed by atoms with Crippen molar-refractivity contribution in [3.05, 3.63) is 77.2 Å². The Morgan fingerprint density at radius 2 is 1.77 bits per heavy atom. The van der Waals surface area contributed by atoms with Crippen LogP contribution in [0.5, 0.6) is 0 Å². The van der Waals surface area contributed by atoms with Crippen LogP contribution in [0, 0.1) is 5.82 Å². The number of hydrogen-bond donors (Lipinski definition) is 0. The maximum Gasteiger partial charge on any atom is 0.270 e. The Bertz CT molecular complexity index is 1020. The first kappa shape index (κ1) is 16.6. The summed E-state index contributed by atoms with van der Waals surface area (Å²) in [4.78, 5) is 16.0. The fraction of sp³-hybridized carbons (Fsp3) is 0. The van der Waals surface area contributed by atoms with E-state index in [1.54, 1.807) is 12.3 Å². The first-order chi connectivity index (χ1) is 12.6. The summed E-state index contributed by atoms with van der Waals surface area (Å²) in [7, 11) is 0. The summed E-state index contributed by atoms with van der Waals surface area (Å²) in [6.07, 6.45) is 3.23. The number of hydrogen-bond acceptors (Lipinski definition) is 5. The molecule has 0 atom stereocenters. The monoisotopic (exact) mass is 382 g/mol. The number of amides is 1. The SMILES string of the molecule is O=C1C(=Cc2cnn(-c3ccccc3)n2)SC(=S)N1c1ccc(F)cc1. The summed E-state index contributed by atoms with van der Waals surface area (Å²) in [6.45, 7) is 0. The number of carbonyl (C=O) groups is 1. The zero-order valence-electron chi connectivity index (χ0n) is 13.2. The zero-order chi connectivity index (χ0) is 18.1. The third-order valence-corrected chi connectivity index (χ3v) is 4.96. The van der Waals surface area contributed by atoms with Crippen LogP contribution in [0.25, 0.3) is 11.8 Å². The van der Waals surface area contributed by atoms with Crippen molar-refractivity contribution in [2.24, 2.45) is 0 Å². The summed E-state index contributed by atoms with van der Waals surface area (Å²) < 4.78 is 13.5. The van der Waals surface area contributed by atoms with E-state index in [-0.39, 0.29) is 11.7 Å². The molecule has 0 bridgehead atoms. The summed E-state index contributed by atoms with van der Waals surface area (Å²) >= 11 is 6.48. The Balaban J connectivity index is 1.61. The van der Waals surface area contributed by atoms with Crippen molar-refractivity contribution in [2.45, 2.75) is 0 Å². The van der Waals surface area contributed by atoms with Gasteiger partial charge >= 0.3 is 0 Å². The van der Waals surface area contributed by atoms with E-state index in [1.807, 2.05) is 30.3 Å². The second-order valence-corrected chi connectivity index (χ2v) is 7.06. The molecule has 4 rings (SSSR count). The minimum atomic E-state index is -0.368. The van der Waals surface area contributed by atoms with Crippen LogP contribution in [0.15, 0.2) is 65.7 Å². The molecule has 0 aliphatic carbocycles. The summed E-state index contributed by atoms with van der Waals surface area (Å²) in [6, 6.07) is 15.1. The molecule has 1 aliphatic rings. The number of para-hydroxylation sites is 1. The van der Waals surface area contributed by atoms with Gasteiger partial charge in [-0.25, -0.2) is 4.39 Å². The maximum atomic E-state index is 13.1. The average molecular weight is 382 g/mol. The molecule has 3 aromatic rings. The minimum absolute atomic E-state index is 0.263. The van der Waals surface area contributed by atoms with E-state index in [4.69, 9.17) is 12.2 Å². The summed E-state index contributed by atoms with van der Waals surface area (Å²) in [5.41, 5.74) is 1.91. The predicted octanol–water partition coefficient (Wildman–Crippen LogP) is 3.81. The van der Waals surface area contributed by atoms with Gasteiger partial charge in [0, 0.05) is 0 Å². The lowest BCUT2D eigenvalue weighted by molar-refractivity contribution is -0.113. The van der Waals surface area contributed by atoms with Crippen molar-refractivity contribution in [3.63, 3.8) is 0 Å². The third kappa shape index (κ3) is 3.16. The van der Waals surface area contributed by atoms with Crippen LogP contribution in [0.2, 0.25) is 0 Å².